The topological polar surface area (TPSA) is 136 Å². The van der Waals surface area contributed by atoms with Crippen molar-refractivity contribution in [3.63, 3.8) is 0 Å². The van der Waals surface area contributed by atoms with Crippen molar-refractivity contribution in [2.45, 2.75) is 58.5 Å². The van der Waals surface area contributed by atoms with Crippen LogP contribution in [-0.4, -0.2) is 48.4 Å². The number of hydrogen-bond acceptors (Lipinski definition) is 5. The number of methoxy groups -OCH3 is 1. The van der Waals surface area contributed by atoms with Crippen LogP contribution in [0.2, 0.25) is 5.02 Å². The third-order valence-electron chi connectivity index (χ3n) is 5.99. The summed E-state index contributed by atoms with van der Waals surface area (Å²) in [4.78, 5) is 41.4. The van der Waals surface area contributed by atoms with Gasteiger partial charge < -0.3 is 25.7 Å². The van der Waals surface area contributed by atoms with Gasteiger partial charge in [-0.15, -0.1) is 0 Å². The van der Waals surface area contributed by atoms with Crippen molar-refractivity contribution in [1.82, 2.24) is 20.9 Å². The normalized spacial score (nSPS) is 17.7. The molecule has 1 aliphatic rings. The molecule has 3 unspecified atom stereocenters. The van der Waals surface area contributed by atoms with Gasteiger partial charge in [0, 0.05) is 23.4 Å². The number of amides is 3. The Morgan fingerprint density at radius 2 is 2.06 bits per heavy atom. The van der Waals surface area contributed by atoms with Crippen molar-refractivity contribution < 1.29 is 19.1 Å². The third kappa shape index (κ3) is 6.67. The van der Waals surface area contributed by atoms with Gasteiger partial charge in [-0.05, 0) is 49.3 Å². The molecular weight excluding hydrogens is 470 g/mol. The smallest absolute Gasteiger partial charge is 0.268 e. The molecule has 4 N–H and O–H groups in total. The first-order chi connectivity index (χ1) is 16.5. The number of nitrogens with one attached hydrogen (secondary N) is 4. The Bertz CT molecular complexity index is 1150. The maximum absolute atomic E-state index is 13.2. The number of ether oxygens (including phenoxy) is 1. The number of aromatic nitrogens is 1. The molecular formula is C25H32ClN5O4. The van der Waals surface area contributed by atoms with Gasteiger partial charge in [-0.3, -0.25) is 14.4 Å². The number of nitrogens with zero attached hydrogens (tertiary/aromatic N) is 1. The fourth-order valence-electron chi connectivity index (χ4n) is 4.30. The second kappa shape index (κ2) is 11.0. The lowest BCUT2D eigenvalue weighted by Crippen LogP contribution is -2.51. The van der Waals surface area contributed by atoms with E-state index in [1.165, 1.54) is 7.11 Å². The van der Waals surface area contributed by atoms with E-state index in [0.29, 0.717) is 41.1 Å². The molecule has 9 nitrogen and oxygen atoms in total. The highest BCUT2D eigenvalue weighted by atomic mass is 35.5. The first-order valence-corrected chi connectivity index (χ1v) is 12.0. The van der Waals surface area contributed by atoms with Gasteiger partial charge in [0.2, 0.25) is 11.8 Å². The molecule has 3 amide bonds. The molecule has 2 aromatic rings. The van der Waals surface area contributed by atoms with E-state index in [4.69, 9.17) is 16.3 Å². The molecule has 1 saturated heterocycles. The van der Waals surface area contributed by atoms with Crippen molar-refractivity contribution in [2.75, 3.05) is 13.7 Å². The molecule has 3 rings (SSSR count). The Morgan fingerprint density at radius 1 is 1.31 bits per heavy atom. The number of hydrogen-bond donors (Lipinski definition) is 4. The lowest BCUT2D eigenvalue weighted by atomic mass is 9.87. The molecule has 188 valence electrons. The predicted octanol–water partition coefficient (Wildman–Crippen LogP) is 3.29. The Labute approximate surface area is 209 Å². The number of aromatic amines is 1. The SMILES string of the molecule is COc1c(Cl)ccc2[nH]c(C(=O)NC(CC(C)(C)C)C(=O)NC(C#N)CC3CCCNC3=O)cc12. The van der Waals surface area contributed by atoms with E-state index >= 15 is 0 Å². The molecule has 2 heterocycles. The fraction of sp³-hybridized carbons (Fsp3) is 0.520. The maximum Gasteiger partial charge on any atom is 0.268 e. The molecule has 1 aliphatic heterocycles. The van der Waals surface area contributed by atoms with Crippen molar-refractivity contribution >= 4 is 40.2 Å². The highest BCUT2D eigenvalue weighted by Crippen LogP contribution is 2.33. The zero-order chi connectivity index (χ0) is 25.8. The largest absolute Gasteiger partial charge is 0.494 e. The zero-order valence-electron chi connectivity index (χ0n) is 20.5. The van der Waals surface area contributed by atoms with Gasteiger partial charge in [-0.2, -0.15) is 5.26 Å². The second-order valence-electron chi connectivity index (χ2n) is 10.1. The monoisotopic (exact) mass is 501 g/mol. The van der Waals surface area contributed by atoms with Gasteiger partial charge in [-0.25, -0.2) is 0 Å². The number of carbonyl (C=O) groups is 3. The summed E-state index contributed by atoms with van der Waals surface area (Å²) in [5.41, 5.74) is 0.643. The van der Waals surface area contributed by atoms with Gasteiger partial charge in [0.15, 0.2) is 0 Å². The number of fused-ring (bicyclic) bond motifs is 1. The van der Waals surface area contributed by atoms with Crippen LogP contribution in [0.5, 0.6) is 5.75 Å². The molecule has 1 aromatic heterocycles. The minimum absolute atomic E-state index is 0.0976. The average molecular weight is 502 g/mol. The lowest BCUT2D eigenvalue weighted by Gasteiger charge is -2.28. The average Bonchev–Trinajstić information content (AvgIpc) is 3.23. The van der Waals surface area contributed by atoms with Crippen molar-refractivity contribution in [3.05, 3.63) is 28.9 Å². The van der Waals surface area contributed by atoms with Gasteiger partial charge in [-0.1, -0.05) is 32.4 Å². The van der Waals surface area contributed by atoms with E-state index in [1.807, 2.05) is 20.8 Å². The molecule has 1 aromatic carbocycles. The van der Waals surface area contributed by atoms with E-state index in [-0.39, 0.29) is 29.4 Å². The van der Waals surface area contributed by atoms with Crippen LogP contribution in [0.3, 0.4) is 0 Å². The van der Waals surface area contributed by atoms with E-state index < -0.39 is 23.9 Å². The summed E-state index contributed by atoms with van der Waals surface area (Å²) < 4.78 is 5.36. The second-order valence-corrected chi connectivity index (χ2v) is 10.5. The van der Waals surface area contributed by atoms with Crippen LogP contribution < -0.4 is 20.7 Å². The minimum Gasteiger partial charge on any atom is -0.494 e. The van der Waals surface area contributed by atoms with E-state index in [2.05, 4.69) is 27.0 Å². The van der Waals surface area contributed by atoms with Gasteiger partial charge in [0.1, 0.15) is 23.5 Å². The molecule has 1 fully saturated rings. The van der Waals surface area contributed by atoms with Gasteiger partial charge in [0.25, 0.3) is 5.91 Å². The first-order valence-electron chi connectivity index (χ1n) is 11.7. The van der Waals surface area contributed by atoms with Gasteiger partial charge >= 0.3 is 0 Å². The van der Waals surface area contributed by atoms with Crippen LogP contribution in [0.25, 0.3) is 10.9 Å². The molecule has 0 saturated carbocycles. The van der Waals surface area contributed by atoms with E-state index in [9.17, 15) is 19.6 Å². The number of rotatable bonds is 8. The molecule has 0 aliphatic carbocycles. The Morgan fingerprint density at radius 3 is 2.69 bits per heavy atom. The fourth-order valence-corrected chi connectivity index (χ4v) is 4.54. The Hall–Kier alpha value is -3.25. The third-order valence-corrected chi connectivity index (χ3v) is 6.28. The number of benzene rings is 1. The predicted molar refractivity (Wildman–Crippen MR) is 133 cm³/mol. The number of H-pyrrole nitrogens is 1. The van der Waals surface area contributed by atoms with Crippen LogP contribution in [0.15, 0.2) is 18.2 Å². The lowest BCUT2D eigenvalue weighted by molar-refractivity contribution is -0.128. The van der Waals surface area contributed by atoms with Crippen LogP contribution in [0.4, 0.5) is 0 Å². The number of piperidine rings is 1. The molecule has 0 spiro atoms. The summed E-state index contributed by atoms with van der Waals surface area (Å²) in [6.07, 6.45) is 2.09. The quantitative estimate of drug-likeness (QED) is 0.440. The van der Waals surface area contributed by atoms with Crippen LogP contribution >= 0.6 is 11.6 Å². The van der Waals surface area contributed by atoms with Crippen molar-refractivity contribution in [3.8, 4) is 11.8 Å². The highest BCUT2D eigenvalue weighted by molar-refractivity contribution is 6.33. The highest BCUT2D eigenvalue weighted by Gasteiger charge is 2.31. The zero-order valence-corrected chi connectivity index (χ0v) is 21.2. The molecule has 10 heteroatoms. The molecule has 3 atom stereocenters. The molecule has 0 radical (unpaired) electrons. The van der Waals surface area contributed by atoms with Gasteiger partial charge in [0.05, 0.1) is 18.2 Å². The molecule has 0 bridgehead atoms. The summed E-state index contributed by atoms with van der Waals surface area (Å²) in [5.74, 6) is -0.902. The van der Waals surface area contributed by atoms with Crippen LogP contribution in [0, 0.1) is 22.7 Å². The minimum atomic E-state index is -0.879. The summed E-state index contributed by atoms with van der Waals surface area (Å²) in [6, 6.07) is 5.41. The molecule has 35 heavy (non-hydrogen) atoms. The summed E-state index contributed by atoms with van der Waals surface area (Å²) in [7, 11) is 1.50. The van der Waals surface area contributed by atoms with Crippen molar-refractivity contribution in [2.24, 2.45) is 11.3 Å². The van der Waals surface area contributed by atoms with Crippen LogP contribution in [0.1, 0.15) is 56.9 Å². The van der Waals surface area contributed by atoms with Crippen LogP contribution in [-0.2, 0) is 9.59 Å². The van der Waals surface area contributed by atoms with E-state index in [0.717, 1.165) is 6.42 Å². The summed E-state index contributed by atoms with van der Waals surface area (Å²) in [6.45, 7) is 6.51. The van der Waals surface area contributed by atoms with E-state index in [1.54, 1.807) is 18.2 Å². The summed E-state index contributed by atoms with van der Waals surface area (Å²) >= 11 is 6.19. The Balaban J connectivity index is 1.76. The summed E-state index contributed by atoms with van der Waals surface area (Å²) in [5, 5.41) is 19.0. The number of carbonyl (C=O) groups excluding carboxylic acids is 3. The number of nitriles is 1. The Kier molecular flexibility index (Phi) is 8.28. The number of halogens is 1. The standard InChI is InChI=1S/C25H32ClN5O4/c1-25(2,3)12-20(24(34)29-15(13-27)10-14-6-5-9-28-22(14)32)31-23(33)19-11-16-18(30-19)8-7-17(26)21(16)35-4/h7-8,11,14-15,20,30H,5-6,9-10,12H2,1-4H3,(H,28,32)(H,29,34)(H,31,33). The van der Waals surface area contributed by atoms with Crippen molar-refractivity contribution in [1.29, 1.82) is 5.26 Å². The maximum atomic E-state index is 13.2. The first kappa shape index (κ1) is 26.4.